The summed E-state index contributed by atoms with van der Waals surface area (Å²) in [4.78, 5) is 11.0. The molecule has 0 bridgehead atoms. The van der Waals surface area contributed by atoms with E-state index in [1.165, 1.54) is 13.0 Å². The molecule has 0 atom stereocenters. The van der Waals surface area contributed by atoms with Crippen molar-refractivity contribution in [1.82, 2.24) is 0 Å². The van der Waals surface area contributed by atoms with E-state index in [2.05, 4.69) is 5.32 Å². The van der Waals surface area contributed by atoms with Crippen molar-refractivity contribution in [3.05, 3.63) is 57.9 Å². The SMILES string of the molecule is Cc1c(Nc2cc(Cl)c(F)cc2C(=O)[O-])ccc(F)c1F.[Cs+]. The van der Waals surface area contributed by atoms with Crippen LogP contribution >= 0.6 is 11.6 Å². The number of halogens is 4. The number of anilines is 2. The van der Waals surface area contributed by atoms with Gasteiger partial charge < -0.3 is 15.2 Å². The zero-order valence-electron chi connectivity index (χ0n) is 11.6. The second-order valence-corrected chi connectivity index (χ2v) is 4.67. The molecule has 22 heavy (non-hydrogen) atoms. The first-order valence-electron chi connectivity index (χ1n) is 5.73. The predicted molar refractivity (Wildman–Crippen MR) is 70.1 cm³/mol. The Bertz CT molecular complexity index is 741. The number of carbonyl (C=O) groups is 1. The molecule has 0 radical (unpaired) electrons. The van der Waals surface area contributed by atoms with Crippen molar-refractivity contribution in [2.24, 2.45) is 0 Å². The topological polar surface area (TPSA) is 52.2 Å². The third-order valence-corrected chi connectivity index (χ3v) is 3.18. The molecule has 0 heterocycles. The summed E-state index contributed by atoms with van der Waals surface area (Å²) in [6, 6.07) is 3.83. The first kappa shape index (κ1) is 19.9. The summed E-state index contributed by atoms with van der Waals surface area (Å²) in [5.41, 5.74) is -0.504. The largest absolute Gasteiger partial charge is 1.00 e. The van der Waals surface area contributed by atoms with E-state index in [1.54, 1.807) is 0 Å². The van der Waals surface area contributed by atoms with E-state index in [0.717, 1.165) is 12.1 Å². The van der Waals surface area contributed by atoms with Crippen molar-refractivity contribution in [1.29, 1.82) is 0 Å². The molecule has 0 aliphatic heterocycles. The summed E-state index contributed by atoms with van der Waals surface area (Å²) < 4.78 is 39.8. The number of carboxylic acid groups (broad SMARTS) is 1. The van der Waals surface area contributed by atoms with Gasteiger partial charge in [-0.1, -0.05) is 11.6 Å². The molecule has 0 saturated carbocycles. The Labute approximate surface area is 188 Å². The van der Waals surface area contributed by atoms with E-state index in [-0.39, 0.29) is 90.9 Å². The Morgan fingerprint density at radius 2 is 1.77 bits per heavy atom. The van der Waals surface area contributed by atoms with Crippen LogP contribution in [0, 0.1) is 24.4 Å². The zero-order valence-corrected chi connectivity index (χ0v) is 18.7. The fourth-order valence-corrected chi connectivity index (χ4v) is 1.92. The molecule has 0 aliphatic carbocycles. The monoisotopic (exact) mass is 447 g/mol. The summed E-state index contributed by atoms with van der Waals surface area (Å²) in [5, 5.41) is 13.2. The van der Waals surface area contributed by atoms with Gasteiger partial charge in [-0.05, 0) is 31.2 Å². The molecule has 0 aromatic heterocycles. The van der Waals surface area contributed by atoms with Gasteiger partial charge in [-0.25, -0.2) is 13.2 Å². The molecule has 0 aliphatic rings. The molecule has 1 N–H and O–H groups in total. The fraction of sp³-hybridized carbons (Fsp3) is 0.0714. The van der Waals surface area contributed by atoms with Crippen LogP contribution in [0.4, 0.5) is 24.5 Å². The third kappa shape index (κ3) is 4.22. The van der Waals surface area contributed by atoms with Crippen LogP contribution in [0.1, 0.15) is 15.9 Å². The Kier molecular flexibility index (Phi) is 7.32. The van der Waals surface area contributed by atoms with Crippen molar-refractivity contribution in [2.45, 2.75) is 6.92 Å². The Morgan fingerprint density at radius 1 is 1.14 bits per heavy atom. The van der Waals surface area contributed by atoms with Gasteiger partial charge in [-0.2, -0.15) is 0 Å². The molecular weight excluding hydrogens is 440 g/mol. The van der Waals surface area contributed by atoms with Gasteiger partial charge in [-0.3, -0.25) is 0 Å². The van der Waals surface area contributed by atoms with Crippen molar-refractivity contribution in [3.63, 3.8) is 0 Å². The van der Waals surface area contributed by atoms with Crippen LogP contribution in [0.25, 0.3) is 0 Å². The standard InChI is InChI=1S/C14H9ClF3NO2.Cs/c1-6-11(3-2-9(16)13(6)18)19-12-5-8(15)10(17)4-7(12)14(20)21;/h2-5,19H,1H3,(H,20,21);/q;+1/p-1. The Hall–Kier alpha value is -0.158. The quantitative estimate of drug-likeness (QED) is 0.730. The molecule has 8 heteroatoms. The Balaban J connectivity index is 0.00000242. The minimum Gasteiger partial charge on any atom is -0.545 e. The molecular formula is C14H8ClCsF3NO2. The minimum atomic E-state index is -1.63. The zero-order chi connectivity index (χ0) is 15.7. The number of carboxylic acids is 1. The molecule has 2 aromatic carbocycles. The minimum absolute atomic E-state index is 0. The summed E-state index contributed by atoms with van der Waals surface area (Å²) in [6.45, 7) is 1.31. The Morgan fingerprint density at radius 3 is 2.36 bits per heavy atom. The number of carbonyl (C=O) groups excluding carboxylic acids is 1. The van der Waals surface area contributed by atoms with Crippen LogP contribution < -0.4 is 79.3 Å². The van der Waals surface area contributed by atoms with Crippen molar-refractivity contribution < 1.29 is 92.0 Å². The van der Waals surface area contributed by atoms with Crippen LogP contribution in [-0.4, -0.2) is 5.97 Å². The van der Waals surface area contributed by atoms with Gasteiger partial charge in [0.1, 0.15) is 5.82 Å². The average molecular weight is 448 g/mol. The maximum absolute atomic E-state index is 13.5. The van der Waals surface area contributed by atoms with Crippen LogP contribution in [0.3, 0.4) is 0 Å². The summed E-state index contributed by atoms with van der Waals surface area (Å²) in [7, 11) is 0. The van der Waals surface area contributed by atoms with Crippen molar-refractivity contribution >= 4 is 28.9 Å². The first-order valence-corrected chi connectivity index (χ1v) is 6.11. The van der Waals surface area contributed by atoms with Crippen LogP contribution in [0.5, 0.6) is 0 Å². The van der Waals surface area contributed by atoms with E-state index in [4.69, 9.17) is 11.6 Å². The molecule has 0 spiro atoms. The smallest absolute Gasteiger partial charge is 0.545 e. The maximum atomic E-state index is 13.5. The maximum Gasteiger partial charge on any atom is 1.00 e. The van der Waals surface area contributed by atoms with Crippen molar-refractivity contribution in [2.75, 3.05) is 5.32 Å². The van der Waals surface area contributed by atoms with E-state index >= 15 is 0 Å². The molecule has 0 unspecified atom stereocenters. The van der Waals surface area contributed by atoms with Gasteiger partial charge >= 0.3 is 68.9 Å². The van der Waals surface area contributed by atoms with E-state index in [9.17, 15) is 23.1 Å². The third-order valence-electron chi connectivity index (χ3n) is 2.89. The summed E-state index contributed by atoms with van der Waals surface area (Å²) >= 11 is 5.59. The number of hydrogen-bond donors (Lipinski definition) is 1. The van der Waals surface area contributed by atoms with Gasteiger partial charge in [0.25, 0.3) is 0 Å². The van der Waals surface area contributed by atoms with Gasteiger partial charge in [0, 0.05) is 22.5 Å². The number of benzene rings is 2. The molecule has 0 amide bonds. The van der Waals surface area contributed by atoms with Crippen LogP contribution in [0.2, 0.25) is 5.02 Å². The second kappa shape index (κ2) is 8.09. The van der Waals surface area contributed by atoms with Gasteiger partial charge in [0.15, 0.2) is 11.6 Å². The second-order valence-electron chi connectivity index (χ2n) is 4.26. The van der Waals surface area contributed by atoms with E-state index < -0.39 is 29.0 Å². The van der Waals surface area contributed by atoms with E-state index in [1.807, 2.05) is 0 Å². The molecule has 2 rings (SSSR count). The molecule has 2 aromatic rings. The van der Waals surface area contributed by atoms with Gasteiger partial charge in [0.2, 0.25) is 0 Å². The summed E-state index contributed by atoms with van der Waals surface area (Å²) in [5.74, 6) is -4.66. The molecule has 0 saturated heterocycles. The van der Waals surface area contributed by atoms with Crippen LogP contribution in [0.15, 0.2) is 24.3 Å². The number of hydrogen-bond acceptors (Lipinski definition) is 3. The number of nitrogens with one attached hydrogen (secondary N) is 1. The van der Waals surface area contributed by atoms with Crippen LogP contribution in [-0.2, 0) is 0 Å². The normalized spacial score (nSPS) is 10.0. The molecule has 110 valence electrons. The van der Waals surface area contributed by atoms with E-state index in [0.29, 0.717) is 6.07 Å². The molecule has 0 fully saturated rings. The van der Waals surface area contributed by atoms with Gasteiger partial charge in [0.05, 0.1) is 11.0 Å². The van der Waals surface area contributed by atoms with Gasteiger partial charge in [-0.15, -0.1) is 0 Å². The molecule has 3 nitrogen and oxygen atoms in total. The summed E-state index contributed by atoms with van der Waals surface area (Å²) in [6.07, 6.45) is 0. The predicted octanol–water partition coefficient (Wildman–Crippen LogP) is 0.177. The average Bonchev–Trinajstić information content (AvgIpc) is 2.43. The first-order chi connectivity index (χ1) is 9.81. The number of aromatic carboxylic acids is 1. The number of rotatable bonds is 3. The van der Waals surface area contributed by atoms with Crippen molar-refractivity contribution in [3.8, 4) is 0 Å². The fourth-order valence-electron chi connectivity index (χ4n) is 1.75.